The molecule has 2 aromatic rings. The second kappa shape index (κ2) is 5.97. The highest BCUT2D eigenvalue weighted by Crippen LogP contribution is 2.28. The highest BCUT2D eigenvalue weighted by molar-refractivity contribution is 6.09. The molecule has 23 heavy (non-hydrogen) atoms. The molecule has 0 radical (unpaired) electrons. The third-order valence-corrected chi connectivity index (χ3v) is 2.95. The average Bonchev–Trinajstić information content (AvgIpc) is 2.53. The summed E-state index contributed by atoms with van der Waals surface area (Å²) in [6.45, 7) is 0. The Labute approximate surface area is 127 Å². The lowest BCUT2D eigenvalue weighted by molar-refractivity contribution is -0.422. The summed E-state index contributed by atoms with van der Waals surface area (Å²) in [5, 5.41) is 32.3. The summed E-state index contributed by atoms with van der Waals surface area (Å²) in [6, 6.07) is 7.51. The zero-order valence-electron chi connectivity index (χ0n) is 11.2. The molecule has 0 aliphatic heterocycles. The Kier molecular flexibility index (Phi) is 4.07. The van der Waals surface area contributed by atoms with Gasteiger partial charge in [-0.25, -0.2) is 0 Å². The van der Waals surface area contributed by atoms with Crippen LogP contribution in [0.2, 0.25) is 0 Å². The highest BCUT2D eigenvalue weighted by atomic mass is 16.6. The number of hydrogen-bond donors (Lipinski definition) is 0. The summed E-state index contributed by atoms with van der Waals surface area (Å²) in [6.07, 6.45) is 0. The highest BCUT2D eigenvalue weighted by Gasteiger charge is 2.26. The minimum Gasteiger partial charge on any atom is -0.289 e. The van der Waals surface area contributed by atoms with Crippen molar-refractivity contribution in [2.24, 2.45) is 0 Å². The maximum absolute atomic E-state index is 12.3. The second-order valence-electron chi connectivity index (χ2n) is 4.35. The van der Waals surface area contributed by atoms with E-state index in [1.54, 1.807) is 0 Å². The fourth-order valence-corrected chi connectivity index (χ4v) is 1.89. The Morgan fingerprint density at radius 2 is 1.35 bits per heavy atom. The van der Waals surface area contributed by atoms with E-state index in [9.17, 15) is 35.1 Å². The second-order valence-corrected chi connectivity index (χ2v) is 4.35. The van der Waals surface area contributed by atoms with Crippen molar-refractivity contribution in [3.05, 3.63) is 83.9 Å². The molecule has 0 saturated carbocycles. The van der Waals surface area contributed by atoms with Gasteiger partial charge in [-0.2, -0.15) is 0 Å². The zero-order valence-corrected chi connectivity index (χ0v) is 11.2. The largest absolute Gasteiger partial charge is 0.346 e. The zero-order chi connectivity index (χ0) is 17.1. The fraction of sp³-hybridized carbons (Fsp3) is 0. The topological polar surface area (TPSA) is 146 Å². The van der Waals surface area contributed by atoms with E-state index in [0.29, 0.717) is 0 Å². The van der Waals surface area contributed by atoms with Gasteiger partial charge in [0.15, 0.2) is 5.78 Å². The SMILES string of the molecule is O=C(c1cccc([N+](=O)[O-])c1)c1ccc([N+](=O)[O-])c([N+](=O)[O-])c1. The lowest BCUT2D eigenvalue weighted by atomic mass is 10.0. The number of carbonyl (C=O) groups excluding carboxylic acids is 1. The third-order valence-electron chi connectivity index (χ3n) is 2.95. The van der Waals surface area contributed by atoms with Crippen molar-refractivity contribution in [3.8, 4) is 0 Å². The van der Waals surface area contributed by atoms with E-state index in [1.165, 1.54) is 18.2 Å². The van der Waals surface area contributed by atoms with Crippen molar-refractivity contribution < 1.29 is 19.6 Å². The van der Waals surface area contributed by atoms with Crippen LogP contribution in [0.3, 0.4) is 0 Å². The quantitative estimate of drug-likeness (QED) is 0.467. The van der Waals surface area contributed by atoms with E-state index in [-0.39, 0.29) is 16.8 Å². The smallest absolute Gasteiger partial charge is 0.289 e. The molecule has 10 nitrogen and oxygen atoms in total. The Hall–Kier alpha value is -3.69. The molecule has 2 rings (SSSR count). The minimum absolute atomic E-state index is 0.0534. The molecule has 0 atom stereocenters. The van der Waals surface area contributed by atoms with E-state index in [2.05, 4.69) is 0 Å². The van der Waals surface area contributed by atoms with Crippen LogP contribution >= 0.6 is 0 Å². The van der Waals surface area contributed by atoms with Crippen LogP contribution in [0.5, 0.6) is 0 Å². The molecule has 10 heteroatoms. The number of hydrogen-bond acceptors (Lipinski definition) is 7. The van der Waals surface area contributed by atoms with Gasteiger partial charge in [0.1, 0.15) is 0 Å². The van der Waals surface area contributed by atoms with Gasteiger partial charge >= 0.3 is 11.4 Å². The van der Waals surface area contributed by atoms with Gasteiger partial charge in [-0.15, -0.1) is 0 Å². The summed E-state index contributed by atoms with van der Waals surface area (Å²) >= 11 is 0. The van der Waals surface area contributed by atoms with Crippen LogP contribution in [0.15, 0.2) is 42.5 Å². The minimum atomic E-state index is -0.970. The van der Waals surface area contributed by atoms with E-state index >= 15 is 0 Å². The molecule has 116 valence electrons. The molecule has 0 bridgehead atoms. The number of rotatable bonds is 5. The molecular weight excluding hydrogens is 310 g/mol. The van der Waals surface area contributed by atoms with Gasteiger partial charge in [-0.3, -0.25) is 35.1 Å². The number of benzene rings is 2. The number of nitro benzene ring substituents is 3. The van der Waals surface area contributed by atoms with Gasteiger partial charge in [0, 0.05) is 35.4 Å². The number of nitro groups is 3. The van der Waals surface area contributed by atoms with Crippen LogP contribution in [-0.2, 0) is 0 Å². The standard InChI is InChI=1S/C13H7N3O7/c17-13(8-2-1-3-10(6-8)14(18)19)9-4-5-11(15(20)21)12(7-9)16(22)23/h1-7H. The van der Waals surface area contributed by atoms with Crippen molar-refractivity contribution in [1.82, 2.24) is 0 Å². The van der Waals surface area contributed by atoms with Crippen LogP contribution in [0.25, 0.3) is 0 Å². The van der Waals surface area contributed by atoms with Crippen LogP contribution in [-0.4, -0.2) is 20.6 Å². The third kappa shape index (κ3) is 3.15. The number of carbonyl (C=O) groups is 1. The van der Waals surface area contributed by atoms with Crippen LogP contribution in [0, 0.1) is 30.3 Å². The van der Waals surface area contributed by atoms with Crippen molar-refractivity contribution in [3.63, 3.8) is 0 Å². The summed E-state index contributed by atoms with van der Waals surface area (Å²) < 4.78 is 0. The number of ketones is 1. The monoisotopic (exact) mass is 317 g/mol. The fourth-order valence-electron chi connectivity index (χ4n) is 1.89. The molecule has 0 heterocycles. The first-order valence-corrected chi connectivity index (χ1v) is 6.03. The first-order valence-electron chi connectivity index (χ1n) is 6.03. The van der Waals surface area contributed by atoms with Gasteiger partial charge in [0.2, 0.25) is 0 Å². The molecule has 0 aromatic heterocycles. The van der Waals surface area contributed by atoms with Crippen molar-refractivity contribution in [2.45, 2.75) is 0 Å². The van der Waals surface area contributed by atoms with Crippen LogP contribution < -0.4 is 0 Å². The molecule has 0 spiro atoms. The molecule has 0 aliphatic rings. The van der Waals surface area contributed by atoms with E-state index in [1.807, 2.05) is 0 Å². The Morgan fingerprint density at radius 3 is 1.91 bits per heavy atom. The molecule has 0 N–H and O–H groups in total. The van der Waals surface area contributed by atoms with Crippen molar-refractivity contribution in [1.29, 1.82) is 0 Å². The van der Waals surface area contributed by atoms with Crippen LogP contribution in [0.1, 0.15) is 15.9 Å². The average molecular weight is 317 g/mol. The van der Waals surface area contributed by atoms with Gasteiger partial charge in [0.25, 0.3) is 5.69 Å². The van der Waals surface area contributed by atoms with Crippen molar-refractivity contribution in [2.75, 3.05) is 0 Å². The normalized spacial score (nSPS) is 10.1. The van der Waals surface area contributed by atoms with Crippen molar-refractivity contribution >= 4 is 22.8 Å². The van der Waals surface area contributed by atoms with Gasteiger partial charge < -0.3 is 0 Å². The molecule has 0 unspecified atom stereocenters. The molecule has 2 aromatic carbocycles. The molecule has 0 amide bonds. The lowest BCUT2D eigenvalue weighted by Gasteiger charge is -2.02. The molecule has 0 fully saturated rings. The van der Waals surface area contributed by atoms with Gasteiger partial charge in [0.05, 0.1) is 14.8 Å². The number of non-ortho nitro benzene ring substituents is 1. The van der Waals surface area contributed by atoms with E-state index < -0.39 is 31.9 Å². The van der Waals surface area contributed by atoms with E-state index in [0.717, 1.165) is 24.3 Å². The predicted octanol–water partition coefficient (Wildman–Crippen LogP) is 2.64. The van der Waals surface area contributed by atoms with Gasteiger partial charge in [-0.05, 0) is 6.07 Å². The first-order chi connectivity index (χ1) is 10.8. The molecule has 0 saturated heterocycles. The Morgan fingerprint density at radius 1 is 0.739 bits per heavy atom. The molecule has 0 aliphatic carbocycles. The maximum Gasteiger partial charge on any atom is 0.346 e. The van der Waals surface area contributed by atoms with E-state index in [4.69, 9.17) is 0 Å². The first kappa shape index (κ1) is 15.7. The van der Waals surface area contributed by atoms with Gasteiger partial charge in [-0.1, -0.05) is 12.1 Å². The lowest BCUT2D eigenvalue weighted by Crippen LogP contribution is -2.04. The predicted molar refractivity (Wildman–Crippen MR) is 76.3 cm³/mol. The maximum atomic E-state index is 12.3. The summed E-state index contributed by atoms with van der Waals surface area (Å²) in [4.78, 5) is 42.0. The number of nitrogens with zero attached hydrogens (tertiary/aromatic N) is 3. The summed E-state index contributed by atoms with van der Waals surface area (Å²) in [7, 11) is 0. The Bertz CT molecular complexity index is 847. The summed E-state index contributed by atoms with van der Waals surface area (Å²) in [5.74, 6) is -0.716. The molecular formula is C13H7N3O7. The summed E-state index contributed by atoms with van der Waals surface area (Å²) in [5.41, 5.74) is -2.12. The van der Waals surface area contributed by atoms with Crippen LogP contribution in [0.4, 0.5) is 17.1 Å². The Balaban J connectivity index is 2.50.